The second-order valence-corrected chi connectivity index (χ2v) is 6.89. The number of aliphatic imine (C=N–C) groups is 1. The Bertz CT molecular complexity index is 934. The van der Waals surface area contributed by atoms with Gasteiger partial charge in [-0.1, -0.05) is 18.2 Å². The summed E-state index contributed by atoms with van der Waals surface area (Å²) < 4.78 is 13.0. The van der Waals surface area contributed by atoms with E-state index in [4.69, 9.17) is 14.1 Å². The van der Waals surface area contributed by atoms with E-state index in [1.807, 2.05) is 35.0 Å². The molecule has 0 aliphatic carbocycles. The lowest BCUT2D eigenvalue weighted by Gasteiger charge is -2.25. The van der Waals surface area contributed by atoms with E-state index in [9.17, 15) is 0 Å². The summed E-state index contributed by atoms with van der Waals surface area (Å²) >= 11 is 0. The molecule has 156 valence electrons. The molecule has 4 rings (SSSR count). The molecule has 0 radical (unpaired) electrons. The molecule has 2 N–H and O–H groups in total. The molecule has 1 atom stereocenters. The largest absolute Gasteiger partial charge is 0.459 e. The van der Waals surface area contributed by atoms with Gasteiger partial charge in [0.15, 0.2) is 11.8 Å². The molecule has 0 spiro atoms. The molecular weight excluding hydrogens is 483 g/mol. The summed E-state index contributed by atoms with van der Waals surface area (Å²) in [6.45, 7) is 4.56. The number of hydrogen-bond acceptors (Lipinski definition) is 5. The van der Waals surface area contributed by atoms with Crippen LogP contribution in [-0.2, 0) is 30.9 Å². The monoisotopic (exact) mass is 510 g/mol. The molecule has 0 saturated heterocycles. The average Bonchev–Trinajstić information content (AvgIpc) is 3.29. The summed E-state index contributed by atoms with van der Waals surface area (Å²) in [5, 5.41) is 12.5. The second-order valence-electron chi connectivity index (χ2n) is 6.89. The Morgan fingerprint density at radius 1 is 1.38 bits per heavy atom. The Hall–Kier alpha value is -2.14. The van der Waals surface area contributed by atoms with Crippen LogP contribution in [0.3, 0.4) is 0 Å². The van der Waals surface area contributed by atoms with Gasteiger partial charge in [0.05, 0.1) is 6.54 Å². The minimum absolute atomic E-state index is 0. The third-order valence-electron chi connectivity index (χ3n) is 4.73. The summed E-state index contributed by atoms with van der Waals surface area (Å²) in [5.74, 6) is 3.40. The van der Waals surface area contributed by atoms with E-state index in [1.54, 1.807) is 7.11 Å². The molecule has 29 heavy (non-hydrogen) atoms. The first-order chi connectivity index (χ1) is 13.7. The zero-order valence-electron chi connectivity index (χ0n) is 16.7. The topological polar surface area (TPSA) is 89.5 Å². The molecule has 0 bridgehead atoms. The summed E-state index contributed by atoms with van der Waals surface area (Å²) in [6, 6.07) is 10.3. The maximum atomic E-state index is 5.86. The predicted molar refractivity (Wildman–Crippen MR) is 122 cm³/mol. The minimum atomic E-state index is 0. The smallest absolute Gasteiger partial charge is 0.191 e. The number of aromatic nitrogens is 3. The molecule has 0 amide bonds. The van der Waals surface area contributed by atoms with E-state index in [0.717, 1.165) is 60.3 Å². The fourth-order valence-corrected chi connectivity index (χ4v) is 3.45. The molecule has 1 aliphatic rings. The highest BCUT2D eigenvalue weighted by Crippen LogP contribution is 2.19. The third-order valence-corrected chi connectivity index (χ3v) is 4.73. The molecule has 1 aliphatic heterocycles. The van der Waals surface area contributed by atoms with E-state index in [2.05, 4.69) is 27.6 Å². The Labute approximate surface area is 187 Å². The molecule has 0 saturated carbocycles. The van der Waals surface area contributed by atoms with Gasteiger partial charge in [-0.15, -0.1) is 24.0 Å². The van der Waals surface area contributed by atoms with Crippen LogP contribution < -0.4 is 10.6 Å². The van der Waals surface area contributed by atoms with Crippen LogP contribution in [0.25, 0.3) is 11.0 Å². The minimum Gasteiger partial charge on any atom is -0.459 e. The van der Waals surface area contributed by atoms with E-state index < -0.39 is 0 Å². The maximum absolute atomic E-state index is 5.86. The van der Waals surface area contributed by atoms with Gasteiger partial charge in [0, 0.05) is 31.5 Å². The molecule has 3 heterocycles. The summed E-state index contributed by atoms with van der Waals surface area (Å²) in [4.78, 5) is 9.23. The first kappa shape index (κ1) is 21.6. The van der Waals surface area contributed by atoms with Crippen LogP contribution in [-0.4, -0.2) is 40.4 Å². The molecule has 3 aromatic rings. The third kappa shape index (κ3) is 5.27. The molecule has 9 heteroatoms. The van der Waals surface area contributed by atoms with Gasteiger partial charge in [-0.25, -0.2) is 14.7 Å². The van der Waals surface area contributed by atoms with E-state index >= 15 is 0 Å². The number of benzene rings is 1. The van der Waals surface area contributed by atoms with Crippen molar-refractivity contribution in [1.82, 2.24) is 25.4 Å². The van der Waals surface area contributed by atoms with Crippen LogP contribution in [0.4, 0.5) is 0 Å². The lowest BCUT2D eigenvalue weighted by Crippen LogP contribution is -2.47. The molecular formula is C20H27IN6O2. The van der Waals surface area contributed by atoms with Crippen molar-refractivity contribution >= 4 is 40.9 Å². The SMILES string of the molecule is CCNC(=NCc1cc2ccccc2o1)NC1CCc2nc(COC)nn2C1.I. The number of fused-ring (bicyclic) bond motifs is 2. The number of aryl methyl sites for hydroxylation is 1. The molecule has 2 aromatic heterocycles. The first-order valence-corrected chi connectivity index (χ1v) is 9.69. The van der Waals surface area contributed by atoms with Gasteiger partial charge in [-0.05, 0) is 25.5 Å². The molecule has 8 nitrogen and oxygen atoms in total. The highest BCUT2D eigenvalue weighted by Gasteiger charge is 2.22. The van der Waals surface area contributed by atoms with E-state index in [-0.39, 0.29) is 30.0 Å². The normalized spacial score (nSPS) is 16.3. The van der Waals surface area contributed by atoms with Crippen molar-refractivity contribution < 1.29 is 9.15 Å². The van der Waals surface area contributed by atoms with Gasteiger partial charge in [0.25, 0.3) is 0 Å². The Morgan fingerprint density at radius 2 is 2.24 bits per heavy atom. The van der Waals surface area contributed by atoms with Gasteiger partial charge in [0.1, 0.15) is 30.3 Å². The summed E-state index contributed by atoms with van der Waals surface area (Å²) in [5.41, 5.74) is 0.892. The van der Waals surface area contributed by atoms with Crippen molar-refractivity contribution in [3.63, 3.8) is 0 Å². The zero-order chi connectivity index (χ0) is 19.3. The Morgan fingerprint density at radius 3 is 3.03 bits per heavy atom. The quantitative estimate of drug-likeness (QED) is 0.301. The van der Waals surface area contributed by atoms with E-state index in [0.29, 0.717) is 13.2 Å². The van der Waals surface area contributed by atoms with E-state index in [1.165, 1.54) is 0 Å². The number of para-hydroxylation sites is 1. The number of halogens is 1. The number of methoxy groups -OCH3 is 1. The number of rotatable bonds is 6. The van der Waals surface area contributed by atoms with Crippen LogP contribution in [0.1, 0.15) is 30.8 Å². The summed E-state index contributed by atoms with van der Waals surface area (Å²) in [7, 11) is 1.66. The number of nitrogens with one attached hydrogen (secondary N) is 2. The lowest BCUT2D eigenvalue weighted by molar-refractivity contribution is 0.177. The van der Waals surface area contributed by atoms with Crippen molar-refractivity contribution in [2.75, 3.05) is 13.7 Å². The average molecular weight is 510 g/mol. The molecule has 1 unspecified atom stereocenters. The number of ether oxygens (including phenoxy) is 1. The van der Waals surface area contributed by atoms with Crippen LogP contribution in [0.2, 0.25) is 0 Å². The Balaban J connectivity index is 0.00000240. The van der Waals surface area contributed by atoms with Crippen molar-refractivity contribution in [2.24, 2.45) is 4.99 Å². The number of nitrogens with zero attached hydrogens (tertiary/aromatic N) is 4. The van der Waals surface area contributed by atoms with Crippen LogP contribution in [0.15, 0.2) is 39.7 Å². The molecule has 0 fully saturated rings. The highest BCUT2D eigenvalue weighted by molar-refractivity contribution is 14.0. The fraction of sp³-hybridized carbons (Fsp3) is 0.450. The number of guanidine groups is 1. The van der Waals surface area contributed by atoms with Crippen molar-refractivity contribution in [2.45, 2.75) is 45.5 Å². The van der Waals surface area contributed by atoms with Crippen molar-refractivity contribution in [3.05, 3.63) is 47.7 Å². The number of hydrogen-bond donors (Lipinski definition) is 2. The van der Waals surface area contributed by atoms with Crippen molar-refractivity contribution in [1.29, 1.82) is 0 Å². The molecule has 1 aromatic carbocycles. The van der Waals surface area contributed by atoms with Crippen LogP contribution in [0, 0.1) is 0 Å². The highest BCUT2D eigenvalue weighted by atomic mass is 127. The first-order valence-electron chi connectivity index (χ1n) is 9.69. The number of furan rings is 1. The van der Waals surface area contributed by atoms with Gasteiger partial charge < -0.3 is 19.8 Å². The van der Waals surface area contributed by atoms with Gasteiger partial charge in [-0.3, -0.25) is 0 Å². The van der Waals surface area contributed by atoms with Crippen LogP contribution >= 0.6 is 24.0 Å². The van der Waals surface area contributed by atoms with Crippen LogP contribution in [0.5, 0.6) is 0 Å². The lowest BCUT2D eigenvalue weighted by atomic mass is 10.1. The van der Waals surface area contributed by atoms with Crippen molar-refractivity contribution in [3.8, 4) is 0 Å². The maximum Gasteiger partial charge on any atom is 0.191 e. The predicted octanol–water partition coefficient (Wildman–Crippen LogP) is 2.86. The second kappa shape index (κ2) is 10.1. The fourth-order valence-electron chi connectivity index (χ4n) is 3.45. The van der Waals surface area contributed by atoms with Gasteiger partial charge in [-0.2, -0.15) is 5.10 Å². The standard InChI is InChI=1S/C20H26N6O2.HI/c1-3-21-20(22-11-16-10-14-6-4-5-7-17(14)28-16)23-15-8-9-19-24-18(13-27-2)25-26(19)12-15;/h4-7,10,15H,3,8-9,11-13H2,1-2H3,(H2,21,22,23);1H. The zero-order valence-corrected chi connectivity index (χ0v) is 19.1. The summed E-state index contributed by atoms with van der Waals surface area (Å²) in [6.07, 6.45) is 1.87. The Kier molecular flexibility index (Phi) is 7.48. The van der Waals surface area contributed by atoms with Gasteiger partial charge in [0.2, 0.25) is 0 Å². The van der Waals surface area contributed by atoms with Gasteiger partial charge >= 0.3 is 0 Å².